The average Bonchev–Trinajstić information content (AvgIpc) is 2.39. The molecule has 1 saturated heterocycles. The van der Waals surface area contributed by atoms with Crippen molar-refractivity contribution in [2.45, 2.75) is 45.1 Å². The summed E-state index contributed by atoms with van der Waals surface area (Å²) in [6, 6.07) is -1.16. The third kappa shape index (κ3) is 7.55. The van der Waals surface area contributed by atoms with E-state index in [1.807, 2.05) is 6.92 Å². The van der Waals surface area contributed by atoms with Gasteiger partial charge in [-0.05, 0) is 44.7 Å². The Balaban J connectivity index is 0.00000361. The van der Waals surface area contributed by atoms with Crippen LogP contribution in [0.15, 0.2) is 0 Å². The van der Waals surface area contributed by atoms with Gasteiger partial charge in [-0.3, -0.25) is 4.79 Å². The molecule has 1 fully saturated rings. The summed E-state index contributed by atoms with van der Waals surface area (Å²) >= 11 is 0. The van der Waals surface area contributed by atoms with Gasteiger partial charge in [0.2, 0.25) is 5.91 Å². The Hall–Kier alpha value is -1.01. The Morgan fingerprint density at radius 3 is 2.75 bits per heavy atom. The van der Waals surface area contributed by atoms with Gasteiger partial charge in [-0.2, -0.15) is 0 Å². The minimum atomic E-state index is -0.648. The molecule has 0 spiro atoms. The van der Waals surface area contributed by atoms with Crippen LogP contribution in [0.5, 0.6) is 0 Å². The number of primary amides is 1. The summed E-state index contributed by atoms with van der Waals surface area (Å²) in [5.74, 6) is 0.507. The van der Waals surface area contributed by atoms with Crippen LogP contribution in [-0.4, -0.2) is 37.6 Å². The zero-order valence-electron chi connectivity index (χ0n) is 12.1. The van der Waals surface area contributed by atoms with Crippen LogP contribution in [0.25, 0.3) is 0 Å². The van der Waals surface area contributed by atoms with E-state index in [0.717, 1.165) is 25.9 Å². The molecule has 0 aromatic heterocycles. The van der Waals surface area contributed by atoms with Gasteiger partial charge in [-0.1, -0.05) is 13.3 Å². The number of carbonyl (C=O) groups excluding carboxylic acids is 2. The third-order valence-corrected chi connectivity index (χ3v) is 3.46. The Morgan fingerprint density at radius 2 is 2.20 bits per heavy atom. The molecular weight excluding hydrogens is 280 g/mol. The maximum Gasteiger partial charge on any atom is 0.312 e. The number of urea groups is 1. The van der Waals surface area contributed by atoms with E-state index in [4.69, 9.17) is 5.73 Å². The van der Waals surface area contributed by atoms with Crippen molar-refractivity contribution in [3.05, 3.63) is 0 Å². The zero-order chi connectivity index (χ0) is 14.1. The maximum absolute atomic E-state index is 11.9. The Labute approximate surface area is 127 Å². The van der Waals surface area contributed by atoms with Crippen molar-refractivity contribution in [1.82, 2.24) is 16.0 Å². The van der Waals surface area contributed by atoms with Crippen LogP contribution in [0.1, 0.15) is 39.0 Å². The molecule has 1 rings (SSSR count). The fraction of sp³-hybridized carbons (Fsp3) is 0.846. The van der Waals surface area contributed by atoms with Crippen LogP contribution in [0.2, 0.25) is 0 Å². The molecule has 0 radical (unpaired) electrons. The van der Waals surface area contributed by atoms with Gasteiger partial charge in [0.15, 0.2) is 0 Å². The molecule has 1 unspecified atom stereocenters. The molecule has 0 aliphatic carbocycles. The predicted molar refractivity (Wildman–Crippen MR) is 81.9 cm³/mol. The number of carbonyl (C=O) groups is 2. The van der Waals surface area contributed by atoms with E-state index >= 15 is 0 Å². The highest BCUT2D eigenvalue weighted by molar-refractivity contribution is 5.86. The summed E-state index contributed by atoms with van der Waals surface area (Å²) in [5.41, 5.74) is 5.07. The molecule has 5 N–H and O–H groups in total. The van der Waals surface area contributed by atoms with Gasteiger partial charge in [0.1, 0.15) is 6.04 Å². The minimum absolute atomic E-state index is 0. The molecule has 1 heterocycles. The lowest BCUT2D eigenvalue weighted by molar-refractivity contribution is -0.123. The van der Waals surface area contributed by atoms with Crippen LogP contribution in [0, 0.1) is 5.92 Å². The number of halogens is 1. The first-order valence-corrected chi connectivity index (χ1v) is 7.18. The first-order chi connectivity index (χ1) is 9.13. The molecule has 1 aliphatic heterocycles. The van der Waals surface area contributed by atoms with Gasteiger partial charge in [-0.15, -0.1) is 12.4 Å². The highest BCUT2D eigenvalue weighted by Gasteiger charge is 2.19. The van der Waals surface area contributed by atoms with Gasteiger partial charge >= 0.3 is 6.03 Å². The van der Waals surface area contributed by atoms with E-state index < -0.39 is 12.1 Å². The maximum atomic E-state index is 11.9. The predicted octanol–water partition coefficient (Wildman–Crippen LogP) is 0.751. The van der Waals surface area contributed by atoms with Gasteiger partial charge in [0, 0.05) is 6.54 Å². The van der Waals surface area contributed by atoms with Crippen LogP contribution >= 0.6 is 12.4 Å². The molecular formula is C13H27ClN4O2. The van der Waals surface area contributed by atoms with Gasteiger partial charge in [0.25, 0.3) is 0 Å². The first kappa shape index (κ1) is 19.0. The van der Waals surface area contributed by atoms with E-state index in [1.54, 1.807) is 0 Å². The molecule has 7 heteroatoms. The summed E-state index contributed by atoms with van der Waals surface area (Å²) in [6.07, 6.45) is 4.85. The smallest absolute Gasteiger partial charge is 0.312 e. The lowest BCUT2D eigenvalue weighted by Gasteiger charge is -2.23. The van der Waals surface area contributed by atoms with Crippen LogP contribution in [-0.2, 0) is 4.79 Å². The van der Waals surface area contributed by atoms with E-state index in [9.17, 15) is 9.59 Å². The summed E-state index contributed by atoms with van der Waals surface area (Å²) < 4.78 is 0. The minimum Gasteiger partial charge on any atom is -0.354 e. The van der Waals surface area contributed by atoms with Crippen LogP contribution in [0.4, 0.5) is 4.79 Å². The second-order valence-corrected chi connectivity index (χ2v) is 5.14. The largest absolute Gasteiger partial charge is 0.354 e. The molecule has 118 valence electrons. The molecule has 0 aromatic carbocycles. The number of piperidine rings is 1. The van der Waals surface area contributed by atoms with E-state index in [1.165, 1.54) is 12.8 Å². The van der Waals surface area contributed by atoms with Crippen molar-refractivity contribution >= 4 is 24.3 Å². The summed E-state index contributed by atoms with van der Waals surface area (Å²) in [5, 5.41) is 8.72. The summed E-state index contributed by atoms with van der Waals surface area (Å²) in [7, 11) is 0. The molecule has 2 atom stereocenters. The lowest BCUT2D eigenvalue weighted by Crippen LogP contribution is -2.48. The topological polar surface area (TPSA) is 96.2 Å². The Kier molecular flexibility index (Phi) is 10.2. The number of nitrogens with one attached hydrogen (secondary N) is 3. The highest BCUT2D eigenvalue weighted by atomic mass is 35.5. The number of amides is 3. The van der Waals surface area contributed by atoms with E-state index in [-0.39, 0.29) is 18.3 Å². The molecule has 0 bridgehead atoms. The standard InChI is InChI=1S/C13H26N4O2.ClH/c1-2-4-11(17-13(14)19)12(18)16-8-6-10-5-3-7-15-9-10;/h10-11,15H,2-9H2,1H3,(H,16,18)(H3,14,17,19);1H/t10?,11-;/m1./s1. The summed E-state index contributed by atoms with van der Waals surface area (Å²) in [6.45, 7) is 4.76. The molecule has 0 aromatic rings. The summed E-state index contributed by atoms with van der Waals surface area (Å²) in [4.78, 5) is 22.7. The number of hydrogen-bond donors (Lipinski definition) is 4. The fourth-order valence-electron chi connectivity index (χ4n) is 2.42. The van der Waals surface area contributed by atoms with Gasteiger partial charge < -0.3 is 21.7 Å². The molecule has 6 nitrogen and oxygen atoms in total. The lowest BCUT2D eigenvalue weighted by atomic mass is 9.96. The first-order valence-electron chi connectivity index (χ1n) is 7.18. The normalized spacial score (nSPS) is 19.6. The molecule has 1 aliphatic rings. The van der Waals surface area contributed by atoms with E-state index in [2.05, 4.69) is 16.0 Å². The fourth-order valence-corrected chi connectivity index (χ4v) is 2.42. The van der Waals surface area contributed by atoms with Gasteiger partial charge in [-0.25, -0.2) is 4.79 Å². The second kappa shape index (κ2) is 10.7. The van der Waals surface area contributed by atoms with Crippen molar-refractivity contribution in [1.29, 1.82) is 0 Å². The van der Waals surface area contributed by atoms with E-state index in [0.29, 0.717) is 18.9 Å². The van der Waals surface area contributed by atoms with Crippen molar-refractivity contribution in [2.24, 2.45) is 11.7 Å². The van der Waals surface area contributed by atoms with Gasteiger partial charge in [0.05, 0.1) is 0 Å². The number of rotatable bonds is 7. The van der Waals surface area contributed by atoms with Crippen LogP contribution in [0.3, 0.4) is 0 Å². The quantitative estimate of drug-likeness (QED) is 0.559. The van der Waals surface area contributed by atoms with Crippen LogP contribution < -0.4 is 21.7 Å². The number of nitrogens with two attached hydrogens (primary N) is 1. The van der Waals surface area contributed by atoms with Crippen molar-refractivity contribution in [2.75, 3.05) is 19.6 Å². The van der Waals surface area contributed by atoms with Crippen molar-refractivity contribution in [3.8, 4) is 0 Å². The van der Waals surface area contributed by atoms with Crippen molar-refractivity contribution in [3.63, 3.8) is 0 Å². The third-order valence-electron chi connectivity index (χ3n) is 3.46. The molecule has 3 amide bonds. The Morgan fingerprint density at radius 1 is 1.45 bits per heavy atom. The zero-order valence-corrected chi connectivity index (χ0v) is 12.9. The number of hydrogen-bond acceptors (Lipinski definition) is 3. The average molecular weight is 307 g/mol. The Bertz CT molecular complexity index is 296. The monoisotopic (exact) mass is 306 g/mol. The van der Waals surface area contributed by atoms with Crippen molar-refractivity contribution < 1.29 is 9.59 Å². The molecule has 0 saturated carbocycles. The molecule has 20 heavy (non-hydrogen) atoms. The second-order valence-electron chi connectivity index (χ2n) is 5.14. The SMILES string of the molecule is CCC[C@@H](NC(N)=O)C(=O)NCCC1CCCNC1.Cl. The highest BCUT2D eigenvalue weighted by Crippen LogP contribution is 2.12.